The summed E-state index contributed by atoms with van der Waals surface area (Å²) in [5.41, 5.74) is -0.0837. The van der Waals surface area contributed by atoms with E-state index in [4.69, 9.17) is 4.74 Å². The summed E-state index contributed by atoms with van der Waals surface area (Å²) in [4.78, 5) is 11.4. The fraction of sp³-hybridized carbons (Fsp3) is 0.889. The molecule has 1 heterocycles. The van der Waals surface area contributed by atoms with Gasteiger partial charge in [-0.25, -0.2) is 0 Å². The van der Waals surface area contributed by atoms with Gasteiger partial charge in [0.25, 0.3) is 0 Å². The number of nitrogens with one attached hydrogen (secondary N) is 1. The Bertz CT molecular complexity index is 193. The molecule has 2 rings (SSSR count). The number of hydrogen-bond donors (Lipinski definition) is 1. The van der Waals surface area contributed by atoms with Crippen LogP contribution < -0.4 is 5.32 Å². The molecule has 1 aliphatic carbocycles. The highest BCUT2D eigenvalue weighted by Gasteiger charge is 2.36. The van der Waals surface area contributed by atoms with Crippen molar-refractivity contribution < 1.29 is 9.53 Å². The zero-order chi connectivity index (χ0) is 8.60. The Morgan fingerprint density at radius 1 is 1.58 bits per heavy atom. The fourth-order valence-electron chi connectivity index (χ4n) is 1.51. The minimum Gasteiger partial charge on any atom is -0.379 e. The Balaban J connectivity index is 1.87. The Kier molecular flexibility index (Phi) is 1.83. The van der Waals surface area contributed by atoms with Gasteiger partial charge in [-0.3, -0.25) is 4.79 Å². The van der Waals surface area contributed by atoms with E-state index in [1.807, 2.05) is 0 Å². The molecule has 0 aromatic rings. The molecule has 2 fully saturated rings. The second-order valence-electron chi connectivity index (χ2n) is 4.13. The predicted octanol–water partition coefficient (Wildman–Crippen LogP) is 0.692. The van der Waals surface area contributed by atoms with Crippen LogP contribution in [-0.2, 0) is 9.53 Å². The molecule has 1 saturated heterocycles. The van der Waals surface area contributed by atoms with E-state index in [1.165, 1.54) is 0 Å². The first kappa shape index (κ1) is 8.05. The molecule has 68 valence electrons. The minimum atomic E-state index is -0.0837. The average Bonchev–Trinajstić information content (AvgIpc) is 2.77. The van der Waals surface area contributed by atoms with Gasteiger partial charge in [-0.1, -0.05) is 0 Å². The van der Waals surface area contributed by atoms with Crippen LogP contribution in [0.2, 0.25) is 0 Å². The van der Waals surface area contributed by atoms with Crippen LogP contribution in [-0.4, -0.2) is 24.7 Å². The molecule has 1 atom stereocenters. The quantitative estimate of drug-likeness (QED) is 0.660. The smallest absolute Gasteiger partial charge is 0.223 e. The van der Waals surface area contributed by atoms with Crippen molar-refractivity contribution in [3.8, 4) is 0 Å². The number of amides is 1. The molecule has 1 aliphatic heterocycles. The molecular weight excluding hydrogens is 154 g/mol. The maximum Gasteiger partial charge on any atom is 0.223 e. The van der Waals surface area contributed by atoms with Crippen molar-refractivity contribution in [1.82, 2.24) is 5.32 Å². The minimum absolute atomic E-state index is 0.0837. The third kappa shape index (κ3) is 1.61. The van der Waals surface area contributed by atoms with Crippen molar-refractivity contribution in [2.45, 2.75) is 31.7 Å². The molecule has 1 saturated carbocycles. The third-order valence-electron chi connectivity index (χ3n) is 2.59. The maximum absolute atomic E-state index is 11.4. The summed E-state index contributed by atoms with van der Waals surface area (Å²) in [7, 11) is 0. The van der Waals surface area contributed by atoms with E-state index >= 15 is 0 Å². The van der Waals surface area contributed by atoms with Crippen LogP contribution in [0.5, 0.6) is 0 Å². The summed E-state index contributed by atoms with van der Waals surface area (Å²) < 4.78 is 5.25. The zero-order valence-corrected chi connectivity index (χ0v) is 7.43. The van der Waals surface area contributed by atoms with Crippen LogP contribution in [0.25, 0.3) is 0 Å². The van der Waals surface area contributed by atoms with Gasteiger partial charge < -0.3 is 10.1 Å². The highest BCUT2D eigenvalue weighted by molar-refractivity contribution is 5.81. The standard InChI is InChI=1S/C9H15NO2/c1-9(4-5-12-6-9)10-8(11)7-2-3-7/h7H,2-6H2,1H3,(H,10,11). The van der Waals surface area contributed by atoms with Crippen molar-refractivity contribution in [1.29, 1.82) is 0 Å². The van der Waals surface area contributed by atoms with Gasteiger partial charge in [-0.2, -0.15) is 0 Å². The summed E-state index contributed by atoms with van der Waals surface area (Å²) >= 11 is 0. The summed E-state index contributed by atoms with van der Waals surface area (Å²) in [5.74, 6) is 0.533. The van der Waals surface area contributed by atoms with Gasteiger partial charge in [-0.15, -0.1) is 0 Å². The van der Waals surface area contributed by atoms with Crippen LogP contribution in [0.1, 0.15) is 26.2 Å². The largest absolute Gasteiger partial charge is 0.379 e. The van der Waals surface area contributed by atoms with E-state index in [0.29, 0.717) is 12.5 Å². The lowest BCUT2D eigenvalue weighted by atomic mass is 10.0. The average molecular weight is 169 g/mol. The summed E-state index contributed by atoms with van der Waals surface area (Å²) in [6.07, 6.45) is 3.09. The van der Waals surface area contributed by atoms with Gasteiger partial charge in [0.2, 0.25) is 5.91 Å². The number of ether oxygens (including phenoxy) is 1. The van der Waals surface area contributed by atoms with Gasteiger partial charge in [0, 0.05) is 12.5 Å². The van der Waals surface area contributed by atoms with E-state index in [9.17, 15) is 4.79 Å². The second kappa shape index (κ2) is 2.73. The lowest BCUT2D eigenvalue weighted by molar-refractivity contribution is -0.124. The van der Waals surface area contributed by atoms with Crippen LogP contribution in [0.15, 0.2) is 0 Å². The number of rotatable bonds is 2. The van der Waals surface area contributed by atoms with Gasteiger partial charge in [0.15, 0.2) is 0 Å². The lowest BCUT2D eigenvalue weighted by Gasteiger charge is -2.23. The molecule has 2 aliphatic rings. The van der Waals surface area contributed by atoms with Gasteiger partial charge in [0.1, 0.15) is 0 Å². The predicted molar refractivity (Wildman–Crippen MR) is 44.7 cm³/mol. The maximum atomic E-state index is 11.4. The van der Waals surface area contributed by atoms with Crippen LogP contribution in [0, 0.1) is 5.92 Å². The molecule has 12 heavy (non-hydrogen) atoms. The first-order valence-electron chi connectivity index (χ1n) is 4.59. The van der Waals surface area contributed by atoms with Crippen LogP contribution >= 0.6 is 0 Å². The van der Waals surface area contributed by atoms with E-state index in [2.05, 4.69) is 12.2 Å². The van der Waals surface area contributed by atoms with E-state index in [1.54, 1.807) is 0 Å². The molecule has 3 nitrogen and oxygen atoms in total. The SMILES string of the molecule is CC1(NC(=O)C2CC2)CCOC1. The van der Waals surface area contributed by atoms with Crippen LogP contribution in [0.3, 0.4) is 0 Å². The van der Waals surface area contributed by atoms with E-state index < -0.39 is 0 Å². The Hall–Kier alpha value is -0.570. The highest BCUT2D eigenvalue weighted by Crippen LogP contribution is 2.30. The monoisotopic (exact) mass is 169 g/mol. The van der Waals surface area contributed by atoms with Gasteiger partial charge in [-0.05, 0) is 26.2 Å². The molecule has 1 amide bonds. The summed E-state index contributed by atoms with van der Waals surface area (Å²) in [6, 6.07) is 0. The third-order valence-corrected chi connectivity index (χ3v) is 2.59. The van der Waals surface area contributed by atoms with E-state index in [0.717, 1.165) is 25.9 Å². The molecule has 0 radical (unpaired) electrons. The normalized spacial score (nSPS) is 35.1. The van der Waals surface area contributed by atoms with E-state index in [-0.39, 0.29) is 11.4 Å². The number of carbonyl (C=O) groups is 1. The summed E-state index contributed by atoms with van der Waals surface area (Å²) in [5, 5.41) is 3.05. The number of carbonyl (C=O) groups excluding carboxylic acids is 1. The molecule has 1 unspecified atom stereocenters. The first-order valence-corrected chi connectivity index (χ1v) is 4.59. The van der Waals surface area contributed by atoms with Crippen molar-refractivity contribution in [2.24, 2.45) is 5.92 Å². The van der Waals surface area contributed by atoms with Crippen molar-refractivity contribution in [2.75, 3.05) is 13.2 Å². The molecule has 0 aromatic heterocycles. The number of hydrogen-bond acceptors (Lipinski definition) is 2. The lowest BCUT2D eigenvalue weighted by Crippen LogP contribution is -2.47. The molecule has 0 spiro atoms. The molecular formula is C9H15NO2. The van der Waals surface area contributed by atoms with Crippen molar-refractivity contribution in [3.05, 3.63) is 0 Å². The summed E-state index contributed by atoms with van der Waals surface area (Å²) in [6.45, 7) is 3.51. The van der Waals surface area contributed by atoms with Crippen molar-refractivity contribution in [3.63, 3.8) is 0 Å². The second-order valence-corrected chi connectivity index (χ2v) is 4.13. The Morgan fingerprint density at radius 2 is 2.33 bits per heavy atom. The van der Waals surface area contributed by atoms with Gasteiger partial charge >= 0.3 is 0 Å². The molecule has 0 bridgehead atoms. The molecule has 1 N–H and O–H groups in total. The van der Waals surface area contributed by atoms with Crippen molar-refractivity contribution >= 4 is 5.91 Å². The molecule has 3 heteroatoms. The highest BCUT2D eigenvalue weighted by atomic mass is 16.5. The Labute approximate surface area is 72.5 Å². The topological polar surface area (TPSA) is 38.3 Å². The molecule has 0 aromatic carbocycles. The van der Waals surface area contributed by atoms with Crippen LogP contribution in [0.4, 0.5) is 0 Å². The zero-order valence-electron chi connectivity index (χ0n) is 7.43. The van der Waals surface area contributed by atoms with Gasteiger partial charge in [0.05, 0.1) is 12.1 Å². The fourth-order valence-corrected chi connectivity index (χ4v) is 1.51. The Morgan fingerprint density at radius 3 is 2.83 bits per heavy atom. The first-order chi connectivity index (χ1) is 5.70.